The Kier molecular flexibility index (Phi) is 8.87. The van der Waals surface area contributed by atoms with Gasteiger partial charge in [0.05, 0.1) is 19.8 Å². The lowest BCUT2D eigenvalue weighted by Gasteiger charge is -2.29. The topological polar surface area (TPSA) is 86.1 Å². The molecule has 0 amide bonds. The lowest BCUT2D eigenvalue weighted by Crippen LogP contribution is -2.45. The summed E-state index contributed by atoms with van der Waals surface area (Å²) < 4.78 is 5.53. The van der Waals surface area contributed by atoms with Crippen molar-refractivity contribution in [3.05, 3.63) is 0 Å². The molecule has 136 valence electrons. The van der Waals surface area contributed by atoms with Gasteiger partial charge >= 0.3 is 0 Å². The van der Waals surface area contributed by atoms with Crippen LogP contribution < -0.4 is 10.6 Å². The molecule has 1 saturated heterocycles. The van der Waals surface area contributed by atoms with E-state index in [2.05, 4.69) is 29.5 Å². The fourth-order valence-corrected chi connectivity index (χ4v) is 2.92. The van der Waals surface area contributed by atoms with Crippen molar-refractivity contribution in [1.29, 1.82) is 0 Å². The molecule has 1 atom stereocenters. The van der Waals surface area contributed by atoms with Gasteiger partial charge in [0.25, 0.3) is 0 Å². The van der Waals surface area contributed by atoms with E-state index < -0.39 is 0 Å². The van der Waals surface area contributed by atoms with E-state index in [9.17, 15) is 10.2 Å². The highest BCUT2D eigenvalue weighted by atomic mass is 16.5. The van der Waals surface area contributed by atoms with Gasteiger partial charge in [0.1, 0.15) is 0 Å². The fraction of sp³-hybridized carbons (Fsp3) is 0.941. The second kappa shape index (κ2) is 10.1. The van der Waals surface area contributed by atoms with Gasteiger partial charge in [-0.15, -0.1) is 0 Å². The summed E-state index contributed by atoms with van der Waals surface area (Å²) in [6.07, 6.45) is 3.52. The highest BCUT2D eigenvalue weighted by Gasteiger charge is 2.34. The second-order valence-electron chi connectivity index (χ2n) is 6.69. The number of nitrogens with zero attached hydrogens (tertiary/aromatic N) is 1. The Hall–Kier alpha value is -0.850. The minimum atomic E-state index is -0.137. The van der Waals surface area contributed by atoms with Crippen molar-refractivity contribution in [2.24, 2.45) is 15.8 Å². The predicted molar refractivity (Wildman–Crippen MR) is 93.7 cm³/mol. The van der Waals surface area contributed by atoms with E-state index in [-0.39, 0.29) is 24.0 Å². The van der Waals surface area contributed by atoms with Gasteiger partial charge in [-0.05, 0) is 32.6 Å². The van der Waals surface area contributed by atoms with Crippen LogP contribution in [0.5, 0.6) is 0 Å². The number of rotatable bonds is 10. The predicted octanol–water partition coefficient (Wildman–Crippen LogP) is 1.13. The summed E-state index contributed by atoms with van der Waals surface area (Å²) in [5, 5.41) is 25.7. The molecule has 0 bridgehead atoms. The molecule has 0 radical (unpaired) electrons. The molecule has 0 aromatic heterocycles. The summed E-state index contributed by atoms with van der Waals surface area (Å²) in [6, 6.07) is 0. The van der Waals surface area contributed by atoms with Crippen LogP contribution in [0, 0.1) is 10.8 Å². The Morgan fingerprint density at radius 1 is 1.22 bits per heavy atom. The maximum absolute atomic E-state index is 9.68. The highest BCUT2D eigenvalue weighted by molar-refractivity contribution is 5.79. The molecular formula is C17H35N3O3. The first-order valence-electron chi connectivity index (χ1n) is 8.91. The largest absolute Gasteiger partial charge is 0.396 e. The summed E-state index contributed by atoms with van der Waals surface area (Å²) in [5.74, 6) is 0.774. The Morgan fingerprint density at radius 3 is 2.43 bits per heavy atom. The molecular weight excluding hydrogens is 294 g/mol. The maximum atomic E-state index is 9.68. The minimum Gasteiger partial charge on any atom is -0.396 e. The summed E-state index contributed by atoms with van der Waals surface area (Å²) in [7, 11) is 0. The van der Waals surface area contributed by atoms with Gasteiger partial charge in [-0.1, -0.05) is 13.8 Å². The van der Waals surface area contributed by atoms with Crippen LogP contribution in [0.25, 0.3) is 0 Å². The number of guanidine groups is 1. The average Bonchev–Trinajstić information content (AvgIpc) is 3.03. The molecule has 1 aliphatic heterocycles. The Bertz CT molecular complexity index is 343. The molecule has 0 aromatic carbocycles. The summed E-state index contributed by atoms with van der Waals surface area (Å²) in [5.41, 5.74) is -0.143. The van der Waals surface area contributed by atoms with E-state index in [0.29, 0.717) is 13.2 Å². The molecule has 0 aromatic rings. The van der Waals surface area contributed by atoms with Crippen molar-refractivity contribution in [2.45, 2.75) is 46.5 Å². The maximum Gasteiger partial charge on any atom is 0.191 e. The Balaban J connectivity index is 2.68. The molecule has 1 heterocycles. The molecule has 0 spiro atoms. The van der Waals surface area contributed by atoms with Crippen molar-refractivity contribution in [2.75, 3.05) is 46.1 Å². The van der Waals surface area contributed by atoms with Crippen LogP contribution in [0.2, 0.25) is 0 Å². The van der Waals surface area contributed by atoms with Gasteiger partial charge in [-0.2, -0.15) is 0 Å². The van der Waals surface area contributed by atoms with Gasteiger partial charge in [0.15, 0.2) is 5.96 Å². The van der Waals surface area contributed by atoms with Crippen LogP contribution in [-0.4, -0.2) is 62.2 Å². The molecule has 1 rings (SSSR count). The monoisotopic (exact) mass is 329 g/mol. The SMILES string of the molecule is CCNC(=NCC(CC)(CC)CO)NCC1(CCO)CCOC1. The summed E-state index contributed by atoms with van der Waals surface area (Å²) in [6.45, 7) is 10.2. The first-order valence-corrected chi connectivity index (χ1v) is 8.91. The van der Waals surface area contributed by atoms with E-state index >= 15 is 0 Å². The van der Waals surface area contributed by atoms with Crippen LogP contribution in [0.4, 0.5) is 0 Å². The molecule has 6 heteroatoms. The standard InChI is InChI=1S/C17H35N3O3/c1-4-16(5-2,13-22)11-19-15(18-6-3)20-12-17(7-9-21)8-10-23-14-17/h21-22H,4-14H2,1-3H3,(H2,18,19,20). The Morgan fingerprint density at radius 2 is 1.96 bits per heavy atom. The van der Waals surface area contributed by atoms with E-state index in [4.69, 9.17) is 4.74 Å². The van der Waals surface area contributed by atoms with Crippen molar-refractivity contribution in [1.82, 2.24) is 10.6 Å². The Labute approximate surface area is 140 Å². The first kappa shape index (κ1) is 20.2. The van der Waals surface area contributed by atoms with Crippen LogP contribution in [0.1, 0.15) is 46.5 Å². The van der Waals surface area contributed by atoms with E-state index in [1.165, 1.54) is 0 Å². The minimum absolute atomic E-state index is 0.00544. The third-order valence-corrected chi connectivity index (χ3v) is 5.21. The smallest absolute Gasteiger partial charge is 0.191 e. The van der Waals surface area contributed by atoms with Gasteiger partial charge in [0, 0.05) is 37.1 Å². The average molecular weight is 329 g/mol. The van der Waals surface area contributed by atoms with Crippen LogP contribution in [0.15, 0.2) is 4.99 Å². The number of ether oxygens (including phenoxy) is 1. The summed E-state index contributed by atoms with van der Waals surface area (Å²) in [4.78, 5) is 4.68. The number of aliphatic hydroxyl groups excluding tert-OH is 2. The second-order valence-corrected chi connectivity index (χ2v) is 6.69. The molecule has 0 aliphatic carbocycles. The van der Waals surface area contributed by atoms with Crippen LogP contribution in [-0.2, 0) is 4.74 Å². The zero-order valence-electron chi connectivity index (χ0n) is 15.0. The van der Waals surface area contributed by atoms with Crippen molar-refractivity contribution in [3.8, 4) is 0 Å². The lowest BCUT2D eigenvalue weighted by molar-refractivity contribution is 0.122. The number of nitrogens with one attached hydrogen (secondary N) is 2. The van der Waals surface area contributed by atoms with Gasteiger partial charge in [-0.25, -0.2) is 0 Å². The zero-order valence-corrected chi connectivity index (χ0v) is 15.0. The third kappa shape index (κ3) is 5.94. The molecule has 1 fully saturated rings. The van der Waals surface area contributed by atoms with Crippen molar-refractivity contribution in [3.63, 3.8) is 0 Å². The van der Waals surface area contributed by atoms with E-state index in [0.717, 1.165) is 51.3 Å². The number of hydrogen-bond donors (Lipinski definition) is 4. The van der Waals surface area contributed by atoms with E-state index in [1.54, 1.807) is 0 Å². The quantitative estimate of drug-likeness (QED) is 0.357. The van der Waals surface area contributed by atoms with Crippen LogP contribution in [0.3, 0.4) is 0 Å². The molecule has 1 unspecified atom stereocenters. The van der Waals surface area contributed by atoms with E-state index in [1.807, 2.05) is 6.92 Å². The van der Waals surface area contributed by atoms with Gasteiger partial charge in [0.2, 0.25) is 0 Å². The van der Waals surface area contributed by atoms with Crippen LogP contribution >= 0.6 is 0 Å². The fourth-order valence-electron chi connectivity index (χ4n) is 2.92. The lowest BCUT2D eigenvalue weighted by atomic mass is 9.83. The van der Waals surface area contributed by atoms with Crippen molar-refractivity contribution < 1.29 is 14.9 Å². The first-order chi connectivity index (χ1) is 11.1. The number of aliphatic hydroxyl groups is 2. The molecule has 1 aliphatic rings. The van der Waals surface area contributed by atoms with Crippen molar-refractivity contribution >= 4 is 5.96 Å². The molecule has 6 nitrogen and oxygen atoms in total. The zero-order chi connectivity index (χ0) is 17.2. The molecule has 4 N–H and O–H groups in total. The number of hydrogen-bond acceptors (Lipinski definition) is 4. The summed E-state index contributed by atoms with van der Waals surface area (Å²) >= 11 is 0. The molecule has 0 saturated carbocycles. The highest BCUT2D eigenvalue weighted by Crippen LogP contribution is 2.31. The third-order valence-electron chi connectivity index (χ3n) is 5.21. The van der Waals surface area contributed by atoms with Gasteiger partial charge < -0.3 is 25.6 Å². The molecule has 23 heavy (non-hydrogen) atoms. The van der Waals surface area contributed by atoms with Gasteiger partial charge in [-0.3, -0.25) is 4.99 Å². The normalized spacial score (nSPS) is 22.4. The number of aliphatic imine (C=N–C) groups is 1.